The van der Waals surface area contributed by atoms with Gasteiger partial charge in [-0.2, -0.15) is 0 Å². The van der Waals surface area contributed by atoms with E-state index in [1.165, 1.54) is 30.6 Å². The van der Waals surface area contributed by atoms with E-state index in [9.17, 15) is 4.79 Å². The summed E-state index contributed by atoms with van der Waals surface area (Å²) in [5.41, 5.74) is 2.40. The summed E-state index contributed by atoms with van der Waals surface area (Å²) in [6.07, 6.45) is 3.71. The van der Waals surface area contributed by atoms with E-state index < -0.39 is 0 Å². The molecule has 1 aromatic carbocycles. The van der Waals surface area contributed by atoms with Crippen LogP contribution in [0.15, 0.2) is 33.6 Å². The maximum absolute atomic E-state index is 12.3. The molecule has 0 saturated carbocycles. The number of para-hydroxylation sites is 2. The number of aromatic nitrogens is 1. The monoisotopic (exact) mass is 365 g/mol. The van der Waals surface area contributed by atoms with E-state index in [0.29, 0.717) is 5.69 Å². The van der Waals surface area contributed by atoms with Crippen LogP contribution in [0.2, 0.25) is 0 Å². The van der Waals surface area contributed by atoms with Crippen molar-refractivity contribution in [3.05, 3.63) is 39.3 Å². The van der Waals surface area contributed by atoms with Crippen LogP contribution in [0.5, 0.6) is 0 Å². The highest BCUT2D eigenvalue weighted by Gasteiger charge is 2.17. The SMILES string of the molecule is O=C(Nc1ccccc1N1CCCCC1)c1csc(Br)n1. The lowest BCUT2D eigenvalue weighted by Gasteiger charge is -2.30. The van der Waals surface area contributed by atoms with Crippen LogP contribution in [-0.2, 0) is 0 Å². The molecule has 1 amide bonds. The Balaban J connectivity index is 1.80. The van der Waals surface area contributed by atoms with Gasteiger partial charge in [0, 0.05) is 18.5 Å². The van der Waals surface area contributed by atoms with Crippen molar-refractivity contribution in [1.29, 1.82) is 0 Å². The van der Waals surface area contributed by atoms with E-state index in [0.717, 1.165) is 28.4 Å². The summed E-state index contributed by atoms with van der Waals surface area (Å²) in [6, 6.07) is 7.97. The summed E-state index contributed by atoms with van der Waals surface area (Å²) in [5, 5.41) is 4.73. The normalized spacial score (nSPS) is 15.0. The minimum atomic E-state index is -0.165. The molecule has 0 radical (unpaired) electrons. The van der Waals surface area contributed by atoms with Crippen LogP contribution in [0.25, 0.3) is 0 Å². The average molecular weight is 366 g/mol. The van der Waals surface area contributed by atoms with E-state index in [2.05, 4.69) is 37.2 Å². The summed E-state index contributed by atoms with van der Waals surface area (Å²) in [6.45, 7) is 2.10. The van der Waals surface area contributed by atoms with Crippen molar-refractivity contribution in [2.75, 3.05) is 23.3 Å². The Morgan fingerprint density at radius 3 is 2.71 bits per heavy atom. The Bertz CT molecular complexity index is 637. The Hall–Kier alpha value is -1.40. The van der Waals surface area contributed by atoms with E-state index in [1.807, 2.05) is 18.2 Å². The first-order valence-electron chi connectivity index (χ1n) is 7.00. The molecule has 1 N–H and O–H groups in total. The number of piperidine rings is 1. The van der Waals surface area contributed by atoms with Crippen molar-refractivity contribution >= 4 is 44.5 Å². The lowest BCUT2D eigenvalue weighted by molar-refractivity contribution is 0.102. The third-order valence-electron chi connectivity index (χ3n) is 3.56. The third-order valence-corrected chi connectivity index (χ3v) is 4.92. The molecule has 2 heterocycles. The Morgan fingerprint density at radius 2 is 2.00 bits per heavy atom. The van der Waals surface area contributed by atoms with Gasteiger partial charge in [-0.3, -0.25) is 4.79 Å². The molecule has 0 bridgehead atoms. The van der Waals surface area contributed by atoms with Gasteiger partial charge in [-0.05, 0) is 47.3 Å². The van der Waals surface area contributed by atoms with Gasteiger partial charge in [-0.1, -0.05) is 12.1 Å². The highest BCUT2D eigenvalue weighted by atomic mass is 79.9. The second-order valence-electron chi connectivity index (χ2n) is 5.00. The van der Waals surface area contributed by atoms with Crippen molar-refractivity contribution in [2.24, 2.45) is 0 Å². The summed E-state index contributed by atoms with van der Waals surface area (Å²) < 4.78 is 0.719. The standard InChI is InChI=1S/C15H16BrN3OS/c16-15-18-12(10-21-15)14(20)17-11-6-2-3-7-13(11)19-8-4-1-5-9-19/h2-3,6-7,10H,1,4-5,8-9H2,(H,17,20). The van der Waals surface area contributed by atoms with E-state index in [4.69, 9.17) is 0 Å². The number of benzene rings is 1. The number of hydrogen-bond acceptors (Lipinski definition) is 4. The molecule has 110 valence electrons. The molecule has 1 saturated heterocycles. The number of rotatable bonds is 3. The number of anilines is 2. The zero-order chi connectivity index (χ0) is 14.7. The highest BCUT2D eigenvalue weighted by molar-refractivity contribution is 9.11. The van der Waals surface area contributed by atoms with E-state index in [1.54, 1.807) is 5.38 Å². The first kappa shape index (κ1) is 14.5. The van der Waals surface area contributed by atoms with Gasteiger partial charge in [0.2, 0.25) is 0 Å². The zero-order valence-electron chi connectivity index (χ0n) is 11.5. The summed E-state index contributed by atoms with van der Waals surface area (Å²) in [5.74, 6) is -0.165. The molecule has 0 aliphatic carbocycles. The van der Waals surface area contributed by atoms with Crippen molar-refractivity contribution in [1.82, 2.24) is 4.98 Å². The number of carbonyl (C=O) groups is 1. The van der Waals surface area contributed by atoms with Gasteiger partial charge in [0.1, 0.15) is 5.69 Å². The predicted octanol–water partition coefficient (Wildman–Crippen LogP) is 4.15. The topological polar surface area (TPSA) is 45.2 Å². The highest BCUT2D eigenvalue weighted by Crippen LogP contribution is 2.28. The van der Waals surface area contributed by atoms with Crippen LogP contribution >= 0.6 is 27.3 Å². The fourth-order valence-corrected chi connectivity index (χ4v) is 3.52. The molecule has 0 atom stereocenters. The fourth-order valence-electron chi connectivity index (χ4n) is 2.53. The number of thiazole rings is 1. The first-order valence-corrected chi connectivity index (χ1v) is 8.67. The molecule has 6 heteroatoms. The number of carbonyl (C=O) groups excluding carboxylic acids is 1. The molecule has 2 aromatic rings. The Kier molecular flexibility index (Phi) is 4.55. The average Bonchev–Trinajstić information content (AvgIpc) is 2.95. The molecule has 1 aromatic heterocycles. The maximum Gasteiger partial charge on any atom is 0.275 e. The molecular formula is C15H16BrN3OS. The van der Waals surface area contributed by atoms with Gasteiger partial charge in [-0.15, -0.1) is 11.3 Å². The predicted molar refractivity (Wildman–Crippen MR) is 90.3 cm³/mol. The fraction of sp³-hybridized carbons (Fsp3) is 0.333. The Labute approximate surface area is 136 Å². The summed E-state index contributed by atoms with van der Waals surface area (Å²) in [7, 11) is 0. The molecule has 0 spiro atoms. The van der Waals surface area contributed by atoms with Crippen molar-refractivity contribution in [2.45, 2.75) is 19.3 Å². The smallest absolute Gasteiger partial charge is 0.275 e. The van der Waals surface area contributed by atoms with E-state index in [-0.39, 0.29) is 5.91 Å². The number of nitrogens with zero attached hydrogens (tertiary/aromatic N) is 2. The molecule has 21 heavy (non-hydrogen) atoms. The number of nitrogens with one attached hydrogen (secondary N) is 1. The molecule has 3 rings (SSSR count). The van der Waals surface area contributed by atoms with Gasteiger partial charge in [-0.25, -0.2) is 4.98 Å². The van der Waals surface area contributed by atoms with Crippen LogP contribution in [0.4, 0.5) is 11.4 Å². The summed E-state index contributed by atoms with van der Waals surface area (Å²) >= 11 is 4.69. The third kappa shape index (κ3) is 3.44. The molecular weight excluding hydrogens is 350 g/mol. The van der Waals surface area contributed by atoms with Crippen LogP contribution in [-0.4, -0.2) is 24.0 Å². The molecule has 0 unspecified atom stereocenters. The van der Waals surface area contributed by atoms with Gasteiger partial charge < -0.3 is 10.2 Å². The quantitative estimate of drug-likeness (QED) is 0.888. The van der Waals surface area contributed by atoms with Crippen LogP contribution < -0.4 is 10.2 Å². The molecule has 4 nitrogen and oxygen atoms in total. The van der Waals surface area contributed by atoms with E-state index >= 15 is 0 Å². The Morgan fingerprint density at radius 1 is 1.24 bits per heavy atom. The van der Waals surface area contributed by atoms with Crippen molar-refractivity contribution < 1.29 is 4.79 Å². The van der Waals surface area contributed by atoms with Gasteiger partial charge in [0.05, 0.1) is 11.4 Å². The van der Waals surface area contributed by atoms with Crippen LogP contribution in [0.1, 0.15) is 29.8 Å². The van der Waals surface area contributed by atoms with Crippen LogP contribution in [0, 0.1) is 0 Å². The maximum atomic E-state index is 12.3. The minimum Gasteiger partial charge on any atom is -0.370 e. The van der Waals surface area contributed by atoms with Gasteiger partial charge >= 0.3 is 0 Å². The first-order chi connectivity index (χ1) is 10.2. The molecule has 1 aliphatic heterocycles. The number of hydrogen-bond donors (Lipinski definition) is 1. The number of halogens is 1. The minimum absolute atomic E-state index is 0.165. The van der Waals surface area contributed by atoms with Gasteiger partial charge in [0.25, 0.3) is 5.91 Å². The van der Waals surface area contributed by atoms with Gasteiger partial charge in [0.15, 0.2) is 3.92 Å². The second-order valence-corrected chi connectivity index (χ2v) is 7.14. The van der Waals surface area contributed by atoms with Crippen LogP contribution in [0.3, 0.4) is 0 Å². The number of amides is 1. The molecule has 1 fully saturated rings. The lowest BCUT2D eigenvalue weighted by Crippen LogP contribution is -2.30. The second kappa shape index (κ2) is 6.58. The molecule has 1 aliphatic rings. The largest absolute Gasteiger partial charge is 0.370 e. The van der Waals surface area contributed by atoms with Crippen molar-refractivity contribution in [3.8, 4) is 0 Å². The zero-order valence-corrected chi connectivity index (χ0v) is 13.9. The summed E-state index contributed by atoms with van der Waals surface area (Å²) in [4.78, 5) is 18.8. The van der Waals surface area contributed by atoms with Crippen molar-refractivity contribution in [3.63, 3.8) is 0 Å². The lowest BCUT2D eigenvalue weighted by atomic mass is 10.1.